The van der Waals surface area contributed by atoms with Gasteiger partial charge in [0.15, 0.2) is 0 Å². The zero-order valence-corrected chi connectivity index (χ0v) is 10.8. The third kappa shape index (κ3) is 4.96. The standard InChI is InChI=1S/C12H27N3/c1-11(2)12-10-15(9-6-13-12)8-5-7-14(3)4/h11-13H,5-10H2,1-4H3. The van der Waals surface area contributed by atoms with Crippen LogP contribution in [0.2, 0.25) is 0 Å². The van der Waals surface area contributed by atoms with Crippen LogP contribution in [0.1, 0.15) is 20.3 Å². The lowest BCUT2D eigenvalue weighted by Gasteiger charge is -2.35. The second-order valence-corrected chi connectivity index (χ2v) is 5.26. The molecule has 1 aliphatic rings. The minimum absolute atomic E-state index is 0.693. The zero-order valence-electron chi connectivity index (χ0n) is 10.8. The average molecular weight is 213 g/mol. The molecule has 1 atom stereocenters. The first-order valence-corrected chi connectivity index (χ1v) is 6.20. The van der Waals surface area contributed by atoms with Crippen LogP contribution >= 0.6 is 0 Å². The Labute approximate surface area is 94.8 Å². The van der Waals surface area contributed by atoms with Gasteiger partial charge in [0.1, 0.15) is 0 Å². The van der Waals surface area contributed by atoms with Gasteiger partial charge in [0.25, 0.3) is 0 Å². The van der Waals surface area contributed by atoms with E-state index in [0.29, 0.717) is 6.04 Å². The molecule has 15 heavy (non-hydrogen) atoms. The highest BCUT2D eigenvalue weighted by molar-refractivity contribution is 4.80. The third-order valence-corrected chi connectivity index (χ3v) is 3.17. The van der Waals surface area contributed by atoms with Crippen molar-refractivity contribution in [1.82, 2.24) is 15.1 Å². The highest BCUT2D eigenvalue weighted by atomic mass is 15.2. The van der Waals surface area contributed by atoms with E-state index in [-0.39, 0.29) is 0 Å². The summed E-state index contributed by atoms with van der Waals surface area (Å²) in [6, 6.07) is 0.693. The molecule has 3 heteroatoms. The molecule has 0 aromatic rings. The Morgan fingerprint density at radius 2 is 2.13 bits per heavy atom. The van der Waals surface area contributed by atoms with E-state index in [1.165, 1.54) is 32.6 Å². The van der Waals surface area contributed by atoms with Crippen molar-refractivity contribution in [3.05, 3.63) is 0 Å². The summed E-state index contributed by atoms with van der Waals surface area (Å²) >= 11 is 0. The van der Waals surface area contributed by atoms with Crippen LogP contribution in [0.25, 0.3) is 0 Å². The van der Waals surface area contributed by atoms with Gasteiger partial charge in [-0.3, -0.25) is 0 Å². The number of hydrogen-bond acceptors (Lipinski definition) is 3. The summed E-state index contributed by atoms with van der Waals surface area (Å²) in [6.07, 6.45) is 1.29. The van der Waals surface area contributed by atoms with Crippen molar-refractivity contribution in [2.45, 2.75) is 26.3 Å². The predicted molar refractivity (Wildman–Crippen MR) is 66.2 cm³/mol. The summed E-state index contributed by atoms with van der Waals surface area (Å²) in [6.45, 7) is 10.7. The van der Waals surface area contributed by atoms with Crippen LogP contribution in [0.5, 0.6) is 0 Å². The molecular weight excluding hydrogens is 186 g/mol. The van der Waals surface area contributed by atoms with Crippen LogP contribution in [0, 0.1) is 5.92 Å². The van der Waals surface area contributed by atoms with E-state index in [9.17, 15) is 0 Å². The van der Waals surface area contributed by atoms with Crippen molar-refractivity contribution in [3.63, 3.8) is 0 Å². The fourth-order valence-electron chi connectivity index (χ4n) is 2.10. The van der Waals surface area contributed by atoms with E-state index in [1.54, 1.807) is 0 Å². The summed E-state index contributed by atoms with van der Waals surface area (Å²) in [7, 11) is 4.30. The number of nitrogens with one attached hydrogen (secondary N) is 1. The first-order valence-electron chi connectivity index (χ1n) is 6.20. The molecule has 0 spiro atoms. The zero-order chi connectivity index (χ0) is 11.3. The summed E-state index contributed by atoms with van der Waals surface area (Å²) in [5.74, 6) is 0.752. The van der Waals surface area contributed by atoms with Crippen molar-refractivity contribution in [2.24, 2.45) is 5.92 Å². The number of nitrogens with zero attached hydrogens (tertiary/aromatic N) is 2. The topological polar surface area (TPSA) is 18.5 Å². The molecule has 1 fully saturated rings. The molecule has 1 rings (SSSR count). The fourth-order valence-corrected chi connectivity index (χ4v) is 2.10. The normalized spacial score (nSPS) is 24.0. The molecule has 0 aliphatic carbocycles. The lowest BCUT2D eigenvalue weighted by molar-refractivity contribution is 0.169. The summed E-state index contributed by atoms with van der Waals surface area (Å²) in [5, 5.41) is 3.60. The van der Waals surface area contributed by atoms with E-state index in [0.717, 1.165) is 12.5 Å². The van der Waals surface area contributed by atoms with Crippen LogP contribution in [0.15, 0.2) is 0 Å². The molecule has 0 saturated carbocycles. The van der Waals surface area contributed by atoms with Gasteiger partial charge in [-0.2, -0.15) is 0 Å². The summed E-state index contributed by atoms with van der Waals surface area (Å²) in [4.78, 5) is 4.87. The van der Waals surface area contributed by atoms with Gasteiger partial charge < -0.3 is 15.1 Å². The number of rotatable bonds is 5. The molecule has 1 unspecified atom stereocenters. The van der Waals surface area contributed by atoms with Crippen LogP contribution in [-0.4, -0.2) is 62.7 Å². The van der Waals surface area contributed by atoms with E-state index >= 15 is 0 Å². The third-order valence-electron chi connectivity index (χ3n) is 3.17. The van der Waals surface area contributed by atoms with Crippen molar-refractivity contribution >= 4 is 0 Å². The Morgan fingerprint density at radius 3 is 2.73 bits per heavy atom. The fraction of sp³-hybridized carbons (Fsp3) is 1.00. The maximum atomic E-state index is 3.60. The smallest absolute Gasteiger partial charge is 0.0218 e. The second kappa shape index (κ2) is 6.46. The lowest BCUT2D eigenvalue weighted by atomic mass is 10.0. The van der Waals surface area contributed by atoms with Crippen LogP contribution < -0.4 is 5.32 Å². The molecule has 3 nitrogen and oxygen atoms in total. The van der Waals surface area contributed by atoms with Crippen molar-refractivity contribution in [2.75, 3.05) is 46.8 Å². The monoisotopic (exact) mass is 213 g/mol. The van der Waals surface area contributed by atoms with Gasteiger partial charge in [-0.1, -0.05) is 13.8 Å². The SMILES string of the molecule is CC(C)C1CN(CCCN(C)C)CCN1. The quantitative estimate of drug-likeness (QED) is 0.731. The van der Waals surface area contributed by atoms with Crippen LogP contribution in [-0.2, 0) is 0 Å². The van der Waals surface area contributed by atoms with Gasteiger partial charge in [0.2, 0.25) is 0 Å². The van der Waals surface area contributed by atoms with Crippen LogP contribution in [0.3, 0.4) is 0 Å². The molecule has 0 bridgehead atoms. The van der Waals surface area contributed by atoms with E-state index in [1.807, 2.05) is 0 Å². The van der Waals surface area contributed by atoms with Gasteiger partial charge in [0, 0.05) is 25.7 Å². The molecule has 1 N–H and O–H groups in total. The van der Waals surface area contributed by atoms with Gasteiger partial charge in [0.05, 0.1) is 0 Å². The molecule has 1 saturated heterocycles. The highest BCUT2D eigenvalue weighted by Gasteiger charge is 2.20. The lowest BCUT2D eigenvalue weighted by Crippen LogP contribution is -2.53. The van der Waals surface area contributed by atoms with E-state index < -0.39 is 0 Å². The Balaban J connectivity index is 2.18. The Hall–Kier alpha value is -0.120. The predicted octanol–water partition coefficient (Wildman–Crippen LogP) is 0.868. The highest BCUT2D eigenvalue weighted by Crippen LogP contribution is 2.08. The largest absolute Gasteiger partial charge is 0.311 e. The van der Waals surface area contributed by atoms with Gasteiger partial charge in [-0.05, 0) is 39.5 Å². The molecule has 0 aromatic carbocycles. The van der Waals surface area contributed by atoms with E-state index in [4.69, 9.17) is 0 Å². The van der Waals surface area contributed by atoms with Crippen molar-refractivity contribution in [1.29, 1.82) is 0 Å². The molecule has 0 amide bonds. The molecule has 90 valence electrons. The Kier molecular flexibility index (Phi) is 5.58. The summed E-state index contributed by atoms with van der Waals surface area (Å²) in [5.41, 5.74) is 0. The minimum Gasteiger partial charge on any atom is -0.311 e. The molecule has 1 aliphatic heterocycles. The van der Waals surface area contributed by atoms with Gasteiger partial charge in [-0.25, -0.2) is 0 Å². The molecule has 1 heterocycles. The maximum absolute atomic E-state index is 3.60. The minimum atomic E-state index is 0.693. The van der Waals surface area contributed by atoms with Gasteiger partial charge in [-0.15, -0.1) is 0 Å². The van der Waals surface area contributed by atoms with Gasteiger partial charge >= 0.3 is 0 Å². The second-order valence-electron chi connectivity index (χ2n) is 5.26. The average Bonchev–Trinajstić information content (AvgIpc) is 2.17. The number of hydrogen-bond donors (Lipinski definition) is 1. The molecule has 0 aromatic heterocycles. The Morgan fingerprint density at radius 1 is 1.40 bits per heavy atom. The molecular formula is C12H27N3. The van der Waals surface area contributed by atoms with Crippen LogP contribution in [0.4, 0.5) is 0 Å². The first kappa shape index (κ1) is 12.9. The van der Waals surface area contributed by atoms with E-state index in [2.05, 4.69) is 43.1 Å². The molecule has 0 radical (unpaired) electrons. The van der Waals surface area contributed by atoms with Crippen molar-refractivity contribution < 1.29 is 0 Å². The number of piperazine rings is 1. The summed E-state index contributed by atoms with van der Waals surface area (Å²) < 4.78 is 0. The maximum Gasteiger partial charge on any atom is 0.0218 e. The Bertz CT molecular complexity index is 168. The van der Waals surface area contributed by atoms with Crippen molar-refractivity contribution in [3.8, 4) is 0 Å². The first-order chi connectivity index (χ1) is 7.09.